The second-order valence-electron chi connectivity index (χ2n) is 10.7. The highest BCUT2D eigenvalue weighted by atomic mass is 16.1. The molecule has 1 saturated carbocycles. The summed E-state index contributed by atoms with van der Waals surface area (Å²) in [5, 5.41) is 0. The standard InChI is InChI=1S/C34H44O3/c1-3-4-16-27-17-14-15-22-30(27)25-31(36)23-12-7-13-24-32(37)34(29-20-10-6-11-21-29)33(26(2)35)28-18-8-5-9-19-28/h5-6,8-11,18-21,27,30H,3-4,7,12-17,22-25H2,1-2H3/b34-33+. The van der Waals surface area contributed by atoms with Gasteiger partial charge in [-0.1, -0.05) is 113 Å². The van der Waals surface area contributed by atoms with Gasteiger partial charge in [0.25, 0.3) is 0 Å². The molecule has 198 valence electrons. The lowest BCUT2D eigenvalue weighted by molar-refractivity contribution is -0.120. The summed E-state index contributed by atoms with van der Waals surface area (Å²) in [7, 11) is 0. The van der Waals surface area contributed by atoms with Gasteiger partial charge < -0.3 is 0 Å². The average Bonchev–Trinajstić information content (AvgIpc) is 2.91. The Balaban J connectivity index is 1.57. The molecule has 0 heterocycles. The Morgan fingerprint density at radius 1 is 0.703 bits per heavy atom. The number of hydrogen-bond donors (Lipinski definition) is 0. The van der Waals surface area contributed by atoms with Crippen molar-refractivity contribution in [1.29, 1.82) is 0 Å². The van der Waals surface area contributed by atoms with E-state index in [0.29, 0.717) is 35.7 Å². The summed E-state index contributed by atoms with van der Waals surface area (Å²) in [5.41, 5.74) is 2.54. The molecule has 2 unspecified atom stereocenters. The quantitative estimate of drug-likeness (QED) is 0.140. The van der Waals surface area contributed by atoms with Crippen LogP contribution in [-0.2, 0) is 14.4 Å². The number of carbonyl (C=O) groups excluding carboxylic acids is 3. The van der Waals surface area contributed by atoms with Crippen LogP contribution in [0.25, 0.3) is 11.1 Å². The largest absolute Gasteiger partial charge is 0.300 e. The molecule has 0 aromatic heterocycles. The predicted octanol–water partition coefficient (Wildman–Crippen LogP) is 8.66. The molecule has 3 heteroatoms. The fourth-order valence-corrected chi connectivity index (χ4v) is 5.88. The molecule has 0 spiro atoms. The van der Waals surface area contributed by atoms with Crippen molar-refractivity contribution in [2.24, 2.45) is 11.8 Å². The third kappa shape index (κ3) is 8.91. The summed E-state index contributed by atoms with van der Waals surface area (Å²) in [5.74, 6) is 1.60. The highest BCUT2D eigenvalue weighted by Gasteiger charge is 2.26. The van der Waals surface area contributed by atoms with Gasteiger partial charge in [0.05, 0.1) is 0 Å². The van der Waals surface area contributed by atoms with Crippen LogP contribution >= 0.6 is 0 Å². The van der Waals surface area contributed by atoms with Crippen LogP contribution in [-0.4, -0.2) is 17.3 Å². The van der Waals surface area contributed by atoms with E-state index in [1.807, 2.05) is 60.7 Å². The minimum absolute atomic E-state index is 0.00690. The molecular weight excluding hydrogens is 456 g/mol. The van der Waals surface area contributed by atoms with Crippen LogP contribution in [0.15, 0.2) is 60.7 Å². The number of benzene rings is 2. The maximum atomic E-state index is 13.5. The second-order valence-corrected chi connectivity index (χ2v) is 10.7. The van der Waals surface area contributed by atoms with Gasteiger partial charge in [-0.2, -0.15) is 0 Å². The Labute approximate surface area is 223 Å². The summed E-state index contributed by atoms with van der Waals surface area (Å²) in [6.45, 7) is 3.78. The zero-order valence-electron chi connectivity index (χ0n) is 22.8. The Bertz CT molecular complexity index is 1040. The Hall–Kier alpha value is -2.81. The molecule has 0 amide bonds. The number of ketones is 3. The van der Waals surface area contributed by atoms with Gasteiger partial charge in [-0.25, -0.2) is 0 Å². The molecule has 0 saturated heterocycles. The third-order valence-corrected chi connectivity index (χ3v) is 7.85. The van der Waals surface area contributed by atoms with Crippen LogP contribution in [0.5, 0.6) is 0 Å². The predicted molar refractivity (Wildman–Crippen MR) is 153 cm³/mol. The zero-order valence-corrected chi connectivity index (χ0v) is 22.8. The van der Waals surface area contributed by atoms with E-state index >= 15 is 0 Å². The lowest BCUT2D eigenvalue weighted by Gasteiger charge is -2.31. The molecule has 37 heavy (non-hydrogen) atoms. The van der Waals surface area contributed by atoms with E-state index in [0.717, 1.165) is 42.7 Å². The molecule has 0 bridgehead atoms. The smallest absolute Gasteiger partial charge is 0.164 e. The zero-order chi connectivity index (χ0) is 26.5. The molecule has 1 fully saturated rings. The van der Waals surface area contributed by atoms with Gasteiger partial charge in [0.15, 0.2) is 11.6 Å². The molecule has 2 aromatic carbocycles. The molecule has 0 N–H and O–H groups in total. The SMILES string of the molecule is CCCCC1CCCCC1CC(=O)CCCCCC(=O)/C(=C(\C(C)=O)c1ccccc1)c1ccccc1. The lowest BCUT2D eigenvalue weighted by atomic mass is 9.74. The number of carbonyl (C=O) groups is 3. The van der Waals surface area contributed by atoms with E-state index in [-0.39, 0.29) is 11.6 Å². The Morgan fingerprint density at radius 2 is 1.27 bits per heavy atom. The minimum Gasteiger partial charge on any atom is -0.300 e. The van der Waals surface area contributed by atoms with Crippen LogP contribution in [0.1, 0.15) is 108 Å². The number of Topliss-reactive ketones (excluding diaryl/α,β-unsaturated/α-hetero) is 3. The second kappa shape index (κ2) is 15.4. The molecule has 3 nitrogen and oxygen atoms in total. The number of unbranched alkanes of at least 4 members (excludes halogenated alkanes) is 3. The molecule has 0 radical (unpaired) electrons. The molecule has 2 atom stereocenters. The van der Waals surface area contributed by atoms with Crippen molar-refractivity contribution in [2.75, 3.05) is 0 Å². The topological polar surface area (TPSA) is 51.2 Å². The molecule has 2 aromatic rings. The van der Waals surface area contributed by atoms with Crippen molar-refractivity contribution < 1.29 is 14.4 Å². The fourth-order valence-electron chi connectivity index (χ4n) is 5.88. The Morgan fingerprint density at radius 3 is 1.86 bits per heavy atom. The first kappa shape index (κ1) is 28.8. The Kier molecular flexibility index (Phi) is 12.0. The summed E-state index contributed by atoms with van der Waals surface area (Å²) >= 11 is 0. The highest BCUT2D eigenvalue weighted by Crippen LogP contribution is 2.36. The normalized spacial score (nSPS) is 18.2. The van der Waals surface area contributed by atoms with Gasteiger partial charge >= 0.3 is 0 Å². The average molecular weight is 501 g/mol. The van der Waals surface area contributed by atoms with Crippen molar-refractivity contribution in [3.63, 3.8) is 0 Å². The summed E-state index contributed by atoms with van der Waals surface area (Å²) < 4.78 is 0. The molecular formula is C34H44O3. The number of allylic oxidation sites excluding steroid dienone is 2. The first-order valence-corrected chi connectivity index (χ1v) is 14.4. The molecule has 1 aliphatic rings. The van der Waals surface area contributed by atoms with Crippen molar-refractivity contribution in [2.45, 2.75) is 97.3 Å². The highest BCUT2D eigenvalue weighted by molar-refractivity contribution is 6.40. The summed E-state index contributed by atoms with van der Waals surface area (Å²) in [6, 6.07) is 19.0. The van der Waals surface area contributed by atoms with Crippen molar-refractivity contribution in [1.82, 2.24) is 0 Å². The van der Waals surface area contributed by atoms with E-state index in [1.54, 1.807) is 0 Å². The van der Waals surface area contributed by atoms with E-state index in [4.69, 9.17) is 0 Å². The first-order valence-electron chi connectivity index (χ1n) is 14.4. The monoisotopic (exact) mass is 500 g/mol. The minimum atomic E-state index is -0.107. The van der Waals surface area contributed by atoms with E-state index in [1.165, 1.54) is 51.9 Å². The maximum Gasteiger partial charge on any atom is 0.164 e. The molecule has 3 rings (SSSR count). The van der Waals surface area contributed by atoms with Crippen molar-refractivity contribution in [3.8, 4) is 0 Å². The van der Waals surface area contributed by atoms with Gasteiger partial charge in [0.2, 0.25) is 0 Å². The van der Waals surface area contributed by atoms with Gasteiger partial charge in [0.1, 0.15) is 5.78 Å². The first-order chi connectivity index (χ1) is 18.0. The van der Waals surface area contributed by atoms with Gasteiger partial charge in [-0.05, 0) is 49.1 Å². The van der Waals surface area contributed by atoms with Gasteiger partial charge in [-0.3, -0.25) is 14.4 Å². The summed E-state index contributed by atoms with van der Waals surface area (Å²) in [4.78, 5) is 38.9. The van der Waals surface area contributed by atoms with E-state index in [2.05, 4.69) is 6.92 Å². The fraction of sp³-hybridized carbons (Fsp3) is 0.500. The van der Waals surface area contributed by atoms with Gasteiger partial charge in [0, 0.05) is 30.4 Å². The third-order valence-electron chi connectivity index (χ3n) is 7.85. The van der Waals surface area contributed by atoms with Crippen LogP contribution in [0.3, 0.4) is 0 Å². The van der Waals surface area contributed by atoms with Crippen LogP contribution in [0.4, 0.5) is 0 Å². The number of hydrogen-bond acceptors (Lipinski definition) is 3. The molecule has 0 aliphatic heterocycles. The van der Waals surface area contributed by atoms with Gasteiger partial charge in [-0.15, -0.1) is 0 Å². The van der Waals surface area contributed by atoms with Crippen molar-refractivity contribution in [3.05, 3.63) is 71.8 Å². The van der Waals surface area contributed by atoms with E-state index in [9.17, 15) is 14.4 Å². The van der Waals surface area contributed by atoms with Crippen LogP contribution < -0.4 is 0 Å². The van der Waals surface area contributed by atoms with Crippen LogP contribution in [0.2, 0.25) is 0 Å². The summed E-state index contributed by atoms with van der Waals surface area (Å²) in [6.07, 6.45) is 13.0. The van der Waals surface area contributed by atoms with E-state index < -0.39 is 0 Å². The lowest BCUT2D eigenvalue weighted by Crippen LogP contribution is -2.22. The molecule has 1 aliphatic carbocycles. The number of rotatable bonds is 15. The maximum absolute atomic E-state index is 13.5. The van der Waals surface area contributed by atoms with Crippen molar-refractivity contribution >= 4 is 28.5 Å². The van der Waals surface area contributed by atoms with Crippen LogP contribution in [0, 0.1) is 11.8 Å².